The molecule has 0 aliphatic heterocycles. The molecule has 2 aromatic rings. The summed E-state index contributed by atoms with van der Waals surface area (Å²) in [6.45, 7) is 3.33. The second-order valence-corrected chi connectivity index (χ2v) is 6.53. The van der Waals surface area contributed by atoms with Crippen molar-refractivity contribution in [1.29, 1.82) is 0 Å². The van der Waals surface area contributed by atoms with Gasteiger partial charge in [-0.1, -0.05) is 17.0 Å². The van der Waals surface area contributed by atoms with Crippen LogP contribution >= 0.6 is 7.81 Å². The molecule has 0 unspecified atom stereocenters. The number of fused-ring (bicyclic) bond motifs is 1. The Balaban J connectivity index is 0.000000351. The molecule has 6 nitrogen and oxygen atoms in total. The Morgan fingerprint density at radius 2 is 1.79 bits per heavy atom. The first-order valence-corrected chi connectivity index (χ1v) is 8.56. The summed E-state index contributed by atoms with van der Waals surface area (Å²) < 4.78 is 61.1. The van der Waals surface area contributed by atoms with Crippen LogP contribution in [0.1, 0.15) is 6.92 Å². The SMILES string of the molecule is CCN/C=[N+](\C)COn1nnc2ccccc21.F[P-](F)(F)(F)(F)F. The van der Waals surface area contributed by atoms with Gasteiger partial charge in [0.2, 0.25) is 6.34 Å². The molecular weight excluding hydrogens is 363 g/mol. The van der Waals surface area contributed by atoms with Crippen molar-refractivity contribution in [3.63, 3.8) is 0 Å². The molecule has 24 heavy (non-hydrogen) atoms. The molecule has 1 aromatic heterocycles. The Kier molecular flexibility index (Phi) is 5.34. The van der Waals surface area contributed by atoms with Crippen LogP contribution < -0.4 is 10.2 Å². The van der Waals surface area contributed by atoms with Gasteiger partial charge in [-0.2, -0.15) is 0 Å². The summed E-state index contributed by atoms with van der Waals surface area (Å²) in [5, 5.41) is 11.0. The molecule has 0 aliphatic carbocycles. The van der Waals surface area contributed by atoms with Gasteiger partial charge in [-0.15, -0.1) is 5.10 Å². The fourth-order valence-electron chi connectivity index (χ4n) is 1.37. The number of nitrogens with one attached hydrogen (secondary N) is 1. The van der Waals surface area contributed by atoms with Gasteiger partial charge in [-0.3, -0.25) is 5.32 Å². The summed E-state index contributed by atoms with van der Waals surface area (Å²) in [6.07, 6.45) is 1.86. The molecule has 0 saturated carbocycles. The van der Waals surface area contributed by atoms with Gasteiger partial charge in [-0.25, -0.2) is 4.58 Å². The minimum absolute atomic E-state index is 0.403. The van der Waals surface area contributed by atoms with Crippen LogP contribution in [0, 0.1) is 0 Å². The molecule has 0 radical (unpaired) electrons. The van der Waals surface area contributed by atoms with Crippen LogP contribution in [0.3, 0.4) is 0 Å². The predicted molar refractivity (Wildman–Crippen MR) is 78.5 cm³/mol. The quantitative estimate of drug-likeness (QED) is 0.216. The van der Waals surface area contributed by atoms with Crippen LogP contribution in [0.4, 0.5) is 25.2 Å². The van der Waals surface area contributed by atoms with E-state index >= 15 is 0 Å². The molecule has 1 heterocycles. The van der Waals surface area contributed by atoms with E-state index in [1.807, 2.05) is 49.2 Å². The minimum atomic E-state index is -10.7. The summed E-state index contributed by atoms with van der Waals surface area (Å²) in [5.74, 6) is 0. The summed E-state index contributed by atoms with van der Waals surface area (Å²) in [6, 6.07) is 7.67. The number of benzene rings is 1. The van der Waals surface area contributed by atoms with Crippen molar-refractivity contribution < 1.29 is 34.6 Å². The number of hydrogen-bond acceptors (Lipinski definition) is 3. The zero-order valence-corrected chi connectivity index (χ0v) is 13.6. The van der Waals surface area contributed by atoms with Crippen LogP contribution in [0.2, 0.25) is 0 Å². The Hall–Kier alpha value is -2.10. The predicted octanol–water partition coefficient (Wildman–Crippen LogP) is 3.48. The van der Waals surface area contributed by atoms with Crippen molar-refractivity contribution in [3.8, 4) is 0 Å². The Morgan fingerprint density at radius 3 is 2.38 bits per heavy atom. The van der Waals surface area contributed by atoms with Crippen molar-refractivity contribution in [2.45, 2.75) is 6.92 Å². The topological polar surface area (TPSA) is 55.0 Å². The summed E-state index contributed by atoms with van der Waals surface area (Å²) in [7, 11) is -8.74. The maximum atomic E-state index is 9.87. The molecule has 0 aliphatic rings. The third kappa shape index (κ3) is 9.82. The molecule has 0 fully saturated rings. The third-order valence-corrected chi connectivity index (χ3v) is 2.22. The first-order valence-electron chi connectivity index (χ1n) is 6.53. The van der Waals surface area contributed by atoms with Crippen LogP contribution in [-0.4, -0.2) is 46.4 Å². The third-order valence-electron chi connectivity index (χ3n) is 2.22. The van der Waals surface area contributed by atoms with Gasteiger partial charge >= 0.3 is 33.0 Å². The molecule has 1 N–H and O–H groups in total. The van der Waals surface area contributed by atoms with Crippen LogP contribution in [-0.2, 0) is 0 Å². The molecule has 0 amide bonds. The van der Waals surface area contributed by atoms with Crippen molar-refractivity contribution >= 4 is 25.2 Å². The molecule has 2 rings (SSSR count). The number of halogens is 6. The number of hydrogen-bond donors (Lipinski definition) is 1. The van der Waals surface area contributed by atoms with Gasteiger partial charge < -0.3 is 4.84 Å². The Bertz CT molecular complexity index is 703. The molecule has 0 spiro atoms. The van der Waals surface area contributed by atoms with Crippen molar-refractivity contribution in [2.24, 2.45) is 0 Å². The van der Waals surface area contributed by atoms with E-state index in [2.05, 4.69) is 15.6 Å². The maximum absolute atomic E-state index is 10.7. The van der Waals surface area contributed by atoms with E-state index in [1.54, 1.807) is 0 Å². The van der Waals surface area contributed by atoms with Crippen molar-refractivity contribution in [1.82, 2.24) is 20.5 Å². The van der Waals surface area contributed by atoms with Gasteiger partial charge in [0, 0.05) is 0 Å². The number of aromatic nitrogens is 3. The number of nitrogens with zero attached hydrogens (tertiary/aromatic N) is 4. The van der Waals surface area contributed by atoms with E-state index in [-0.39, 0.29) is 0 Å². The fraction of sp³-hybridized carbons (Fsp3) is 0.364. The monoisotopic (exact) mass is 379 g/mol. The van der Waals surface area contributed by atoms with E-state index in [0.29, 0.717) is 6.73 Å². The molecule has 1 aromatic carbocycles. The average Bonchev–Trinajstić information content (AvgIpc) is 2.83. The second kappa shape index (κ2) is 6.42. The van der Waals surface area contributed by atoms with Crippen LogP contribution in [0.5, 0.6) is 0 Å². The van der Waals surface area contributed by atoms with Crippen molar-refractivity contribution in [3.05, 3.63) is 24.3 Å². The van der Waals surface area contributed by atoms with E-state index in [4.69, 9.17) is 4.84 Å². The van der Waals surface area contributed by atoms with Gasteiger partial charge in [0.15, 0.2) is 0 Å². The van der Waals surface area contributed by atoms with E-state index in [9.17, 15) is 25.2 Å². The Labute approximate surface area is 132 Å². The normalized spacial score (nSPS) is 15.1. The van der Waals surface area contributed by atoms with E-state index in [0.717, 1.165) is 17.6 Å². The van der Waals surface area contributed by atoms with Crippen LogP contribution in [0.25, 0.3) is 11.0 Å². The Morgan fingerprint density at radius 1 is 1.21 bits per heavy atom. The molecule has 0 atom stereocenters. The molecule has 13 heteroatoms. The molecular formula is C11H16F6N5OP. The zero-order chi connectivity index (χ0) is 18.5. The molecule has 0 saturated heterocycles. The summed E-state index contributed by atoms with van der Waals surface area (Å²) in [4.78, 5) is 6.95. The number of rotatable bonds is 5. The molecule has 0 bridgehead atoms. The second-order valence-electron chi connectivity index (χ2n) is 4.61. The van der Waals surface area contributed by atoms with Gasteiger partial charge in [0.1, 0.15) is 11.0 Å². The summed E-state index contributed by atoms with van der Waals surface area (Å²) >= 11 is 0. The van der Waals surface area contributed by atoms with Crippen molar-refractivity contribution in [2.75, 3.05) is 20.3 Å². The van der Waals surface area contributed by atoms with E-state index in [1.165, 1.54) is 4.85 Å². The fourth-order valence-corrected chi connectivity index (χ4v) is 1.37. The first-order chi connectivity index (χ1) is 10.8. The van der Waals surface area contributed by atoms with Gasteiger partial charge in [-0.05, 0) is 24.3 Å². The van der Waals surface area contributed by atoms with Crippen LogP contribution in [0.15, 0.2) is 24.3 Å². The first kappa shape index (κ1) is 19.9. The standard InChI is InChI=1S/C11H15N5O.F6P/c1-3-12-8-15(2)9-17-16-11-7-5-4-6-10(11)13-14-16;1-7(2,3,4,5)6/h4-8H,3,9H2,1-2H3;/q;-1/p+1. The molecule has 138 valence electrons. The number of para-hydroxylation sites is 1. The van der Waals surface area contributed by atoms with Gasteiger partial charge in [0.05, 0.1) is 13.6 Å². The average molecular weight is 379 g/mol. The summed E-state index contributed by atoms with van der Waals surface area (Å²) in [5.41, 5.74) is 1.69. The zero-order valence-electron chi connectivity index (χ0n) is 12.7. The van der Waals surface area contributed by atoms with E-state index < -0.39 is 7.81 Å². The van der Waals surface area contributed by atoms with Gasteiger partial charge in [0.25, 0.3) is 6.73 Å².